The largest absolute Gasteiger partial charge is 0.459 e. The van der Waals surface area contributed by atoms with E-state index in [1.807, 2.05) is 6.92 Å². The van der Waals surface area contributed by atoms with Crippen molar-refractivity contribution >= 4 is 29.8 Å². The van der Waals surface area contributed by atoms with E-state index in [0.29, 0.717) is 12.8 Å². The summed E-state index contributed by atoms with van der Waals surface area (Å²) in [6.45, 7) is 12.1. The maximum atomic E-state index is 13.4. The Morgan fingerprint density at radius 1 is 1.02 bits per heavy atom. The average Bonchev–Trinajstić information content (AvgIpc) is 3.32. The Morgan fingerprint density at radius 3 is 2.26 bits per heavy atom. The summed E-state index contributed by atoms with van der Waals surface area (Å²) in [6, 6.07) is 0. The second-order valence-electron chi connectivity index (χ2n) is 13.2. The predicted molar refractivity (Wildman–Crippen MR) is 165 cm³/mol. The lowest BCUT2D eigenvalue weighted by atomic mass is 9.75. The number of carbonyl (C=O) groups excluding carboxylic acids is 5. The first kappa shape index (κ1) is 38.2. The van der Waals surface area contributed by atoms with E-state index in [9.17, 15) is 39.3 Å². The Labute approximate surface area is 275 Å². The van der Waals surface area contributed by atoms with Gasteiger partial charge in [-0.25, -0.2) is 14.4 Å². The summed E-state index contributed by atoms with van der Waals surface area (Å²) in [7, 11) is 0. The fourth-order valence-corrected chi connectivity index (χ4v) is 6.91. The smallest absolute Gasteiger partial charge is 0.341 e. The monoisotopic (exact) mass is 666 g/mol. The van der Waals surface area contributed by atoms with Crippen molar-refractivity contribution in [2.24, 2.45) is 5.92 Å². The first-order valence-corrected chi connectivity index (χ1v) is 16.4. The van der Waals surface area contributed by atoms with Gasteiger partial charge in [0.25, 0.3) is 0 Å². The molecule has 264 valence electrons. The first-order valence-electron chi connectivity index (χ1n) is 16.4. The molecular formula is C34H50O13. The molecule has 0 bridgehead atoms. The van der Waals surface area contributed by atoms with Gasteiger partial charge in [-0.2, -0.15) is 0 Å². The maximum Gasteiger partial charge on any atom is 0.341 e. The Hall–Kier alpha value is -3.29. The highest BCUT2D eigenvalue weighted by Crippen LogP contribution is 2.57. The van der Waals surface area contributed by atoms with E-state index in [2.05, 4.69) is 0 Å². The van der Waals surface area contributed by atoms with Crippen LogP contribution in [0.1, 0.15) is 107 Å². The standard InChI is InChI=1S/C34H50O13/c1-9-12-13-14-16-21(36)30(39)45-27-25-24(19(5)26(27)44-29(38)18(4)11-3)28-34(42,33(8,41)31(40)46-28)22(43-23(37)15-10-2)17-32(25,7)47-20(6)35/h11,21-22,25-28,36,41-42H,9-10,12-17H2,1-8H3/b18-11-/t21-,22+,25-,26+,27+,28+,32+,33-,34-/m1/s1. The van der Waals surface area contributed by atoms with E-state index in [1.54, 1.807) is 13.8 Å². The van der Waals surface area contributed by atoms with Crippen LogP contribution in [0, 0.1) is 5.92 Å². The van der Waals surface area contributed by atoms with Gasteiger partial charge < -0.3 is 39.0 Å². The van der Waals surface area contributed by atoms with Crippen LogP contribution in [0.4, 0.5) is 0 Å². The molecule has 1 saturated heterocycles. The molecule has 13 heteroatoms. The predicted octanol–water partition coefficient (Wildman–Crippen LogP) is 2.90. The van der Waals surface area contributed by atoms with Crippen LogP contribution < -0.4 is 0 Å². The Bertz CT molecular complexity index is 1300. The summed E-state index contributed by atoms with van der Waals surface area (Å²) >= 11 is 0. The molecular weight excluding hydrogens is 616 g/mol. The number of ether oxygens (including phenoxy) is 5. The molecule has 1 heterocycles. The Balaban J connectivity index is 2.26. The van der Waals surface area contributed by atoms with Crippen LogP contribution >= 0.6 is 0 Å². The SMILES string of the molecule is C/C=C(/C)C(=O)O[C@H]1C(C)=C2[C@H]([C@@H]1OC(=O)[C@H](O)CCCCCC)[C@@](C)(OC(C)=O)C[C@H](OC(=O)CCC)[C@@]1(O)[C@H]2OC(=O)[C@@]1(C)O. The second-order valence-corrected chi connectivity index (χ2v) is 13.2. The van der Waals surface area contributed by atoms with Gasteiger partial charge in [0.1, 0.15) is 11.7 Å². The summed E-state index contributed by atoms with van der Waals surface area (Å²) in [6.07, 6.45) is -3.01. The number of carbonyl (C=O) groups is 5. The Kier molecular flexibility index (Phi) is 12.1. The third-order valence-corrected chi connectivity index (χ3v) is 9.62. The summed E-state index contributed by atoms with van der Waals surface area (Å²) in [5.41, 5.74) is -6.53. The van der Waals surface area contributed by atoms with Crippen molar-refractivity contribution in [3.63, 3.8) is 0 Å². The van der Waals surface area contributed by atoms with E-state index in [0.717, 1.165) is 33.1 Å². The van der Waals surface area contributed by atoms with E-state index >= 15 is 0 Å². The highest BCUT2D eigenvalue weighted by Gasteiger charge is 2.76. The van der Waals surface area contributed by atoms with Crippen molar-refractivity contribution in [1.82, 2.24) is 0 Å². The number of hydrogen-bond acceptors (Lipinski definition) is 13. The zero-order valence-corrected chi connectivity index (χ0v) is 28.6. The number of unbranched alkanes of at least 4 members (excludes halogenated alkanes) is 3. The lowest BCUT2D eigenvalue weighted by Crippen LogP contribution is -2.64. The first-order chi connectivity index (χ1) is 21.9. The minimum absolute atomic E-state index is 0.0532. The molecule has 0 aromatic heterocycles. The molecule has 3 rings (SSSR count). The van der Waals surface area contributed by atoms with Gasteiger partial charge >= 0.3 is 29.8 Å². The molecule has 1 aliphatic heterocycles. The zero-order chi connectivity index (χ0) is 35.5. The summed E-state index contributed by atoms with van der Waals surface area (Å²) in [5, 5.41) is 34.6. The number of aliphatic hydroxyl groups is 3. The fourth-order valence-electron chi connectivity index (χ4n) is 6.91. The quantitative estimate of drug-likeness (QED) is 0.0855. The molecule has 2 aliphatic carbocycles. The number of aliphatic hydroxyl groups excluding tert-OH is 1. The van der Waals surface area contributed by atoms with Crippen LogP contribution in [0.5, 0.6) is 0 Å². The molecule has 3 aliphatic rings. The molecule has 13 nitrogen and oxygen atoms in total. The molecule has 1 saturated carbocycles. The van der Waals surface area contributed by atoms with E-state index in [1.165, 1.54) is 26.8 Å². The normalized spacial score (nSPS) is 34.1. The van der Waals surface area contributed by atoms with Gasteiger partial charge in [0.05, 0.1) is 5.92 Å². The molecule has 47 heavy (non-hydrogen) atoms. The minimum Gasteiger partial charge on any atom is -0.459 e. The molecule has 0 unspecified atom stereocenters. The summed E-state index contributed by atoms with van der Waals surface area (Å²) < 4.78 is 29.0. The molecule has 0 aromatic carbocycles. The summed E-state index contributed by atoms with van der Waals surface area (Å²) in [5.74, 6) is -5.78. The van der Waals surface area contributed by atoms with Crippen molar-refractivity contribution in [3.8, 4) is 0 Å². The number of fused-ring (bicyclic) bond motifs is 3. The third-order valence-electron chi connectivity index (χ3n) is 9.62. The maximum absolute atomic E-state index is 13.4. The van der Waals surface area contributed by atoms with Gasteiger partial charge in [-0.15, -0.1) is 0 Å². The van der Waals surface area contributed by atoms with Crippen molar-refractivity contribution in [2.45, 2.75) is 154 Å². The average molecular weight is 667 g/mol. The molecule has 9 atom stereocenters. The molecule has 3 N–H and O–H groups in total. The number of esters is 5. The van der Waals surface area contributed by atoms with Crippen LogP contribution in [-0.2, 0) is 47.7 Å². The van der Waals surface area contributed by atoms with E-state index in [-0.39, 0.29) is 29.6 Å². The van der Waals surface area contributed by atoms with Gasteiger partial charge in [0.2, 0.25) is 0 Å². The minimum atomic E-state index is -2.62. The Morgan fingerprint density at radius 2 is 1.68 bits per heavy atom. The zero-order valence-electron chi connectivity index (χ0n) is 28.6. The lowest BCUT2D eigenvalue weighted by Gasteiger charge is -2.42. The van der Waals surface area contributed by atoms with Crippen LogP contribution in [-0.4, -0.2) is 92.5 Å². The van der Waals surface area contributed by atoms with Gasteiger partial charge in [0.15, 0.2) is 35.6 Å². The fraction of sp³-hybridized carbons (Fsp3) is 0.735. The number of rotatable bonds is 13. The van der Waals surface area contributed by atoms with Gasteiger partial charge in [-0.1, -0.05) is 45.6 Å². The van der Waals surface area contributed by atoms with Crippen LogP contribution in [0.25, 0.3) is 0 Å². The van der Waals surface area contributed by atoms with Gasteiger partial charge in [-0.05, 0) is 58.6 Å². The summed E-state index contributed by atoms with van der Waals surface area (Å²) in [4.78, 5) is 65.2. The van der Waals surface area contributed by atoms with Crippen LogP contribution in [0.2, 0.25) is 0 Å². The number of hydrogen-bond donors (Lipinski definition) is 3. The molecule has 0 amide bonds. The van der Waals surface area contributed by atoms with Gasteiger partial charge in [-0.3, -0.25) is 9.59 Å². The highest BCUT2D eigenvalue weighted by atomic mass is 16.6. The lowest BCUT2D eigenvalue weighted by molar-refractivity contribution is -0.212. The van der Waals surface area contributed by atoms with E-state index in [4.69, 9.17) is 23.7 Å². The third kappa shape index (κ3) is 7.26. The van der Waals surface area contributed by atoms with Crippen molar-refractivity contribution < 1.29 is 63.0 Å². The van der Waals surface area contributed by atoms with Crippen LogP contribution in [0.3, 0.4) is 0 Å². The second kappa shape index (κ2) is 14.9. The van der Waals surface area contributed by atoms with E-state index < -0.39 is 89.5 Å². The topological polar surface area (TPSA) is 192 Å². The molecule has 0 aromatic rings. The van der Waals surface area contributed by atoms with Crippen molar-refractivity contribution in [3.05, 3.63) is 22.8 Å². The van der Waals surface area contributed by atoms with Gasteiger partial charge in [0, 0.05) is 25.3 Å². The van der Waals surface area contributed by atoms with Crippen molar-refractivity contribution in [1.29, 1.82) is 0 Å². The molecule has 0 radical (unpaired) electrons. The highest BCUT2D eigenvalue weighted by molar-refractivity contribution is 5.88. The number of allylic oxidation sites excluding steroid dienone is 1. The molecule has 2 fully saturated rings. The molecule has 0 spiro atoms. The van der Waals surface area contributed by atoms with Crippen LogP contribution in [0.15, 0.2) is 22.8 Å². The van der Waals surface area contributed by atoms with Crippen molar-refractivity contribution in [2.75, 3.05) is 0 Å².